The molecule has 2 saturated heterocycles. The van der Waals surface area contributed by atoms with Crippen molar-refractivity contribution in [2.24, 2.45) is 0 Å². The standard InChI is InChI=1S/C21H24N2O3S/c1-15-6-3-4-9-18(15)16-7-5-8-17(12-16)21(24)23-11-10-22(2)19-13-27(25,26)14-20(19)23/h3-9,12,19-20H,10-11,13-14H2,1-2H3/t19-,20+/m1/s1. The number of rotatable bonds is 2. The van der Waals surface area contributed by atoms with Crippen LogP contribution >= 0.6 is 0 Å². The molecule has 0 bridgehead atoms. The molecule has 4 rings (SSSR count). The van der Waals surface area contributed by atoms with Gasteiger partial charge in [0.2, 0.25) is 0 Å². The molecule has 1 amide bonds. The molecular formula is C21H24N2O3S. The molecule has 2 heterocycles. The van der Waals surface area contributed by atoms with E-state index in [4.69, 9.17) is 0 Å². The zero-order chi connectivity index (χ0) is 19.2. The van der Waals surface area contributed by atoms with E-state index in [0.29, 0.717) is 18.7 Å². The molecule has 142 valence electrons. The fraction of sp³-hybridized carbons (Fsp3) is 0.381. The number of fused-ring (bicyclic) bond motifs is 1. The van der Waals surface area contributed by atoms with Crippen molar-refractivity contribution in [1.82, 2.24) is 9.80 Å². The Kier molecular flexibility index (Phi) is 4.56. The lowest BCUT2D eigenvalue weighted by Crippen LogP contribution is -2.59. The van der Waals surface area contributed by atoms with Gasteiger partial charge in [-0.2, -0.15) is 0 Å². The molecule has 0 N–H and O–H groups in total. The highest BCUT2D eigenvalue weighted by Gasteiger charge is 2.47. The third kappa shape index (κ3) is 3.39. The largest absolute Gasteiger partial charge is 0.332 e. The monoisotopic (exact) mass is 384 g/mol. The van der Waals surface area contributed by atoms with Crippen LogP contribution in [-0.4, -0.2) is 67.9 Å². The van der Waals surface area contributed by atoms with Gasteiger partial charge in [0.25, 0.3) is 5.91 Å². The smallest absolute Gasteiger partial charge is 0.254 e. The van der Waals surface area contributed by atoms with Crippen LogP contribution in [0.15, 0.2) is 48.5 Å². The number of carbonyl (C=O) groups excluding carboxylic acids is 1. The predicted octanol–water partition coefficient (Wildman–Crippen LogP) is 2.22. The van der Waals surface area contributed by atoms with Crippen molar-refractivity contribution in [3.05, 3.63) is 59.7 Å². The Hall–Kier alpha value is -2.18. The summed E-state index contributed by atoms with van der Waals surface area (Å²) >= 11 is 0. The van der Waals surface area contributed by atoms with Crippen molar-refractivity contribution in [2.75, 3.05) is 31.6 Å². The maximum Gasteiger partial charge on any atom is 0.254 e. The van der Waals surface area contributed by atoms with Crippen LogP contribution in [0.1, 0.15) is 15.9 Å². The van der Waals surface area contributed by atoms with E-state index in [1.165, 1.54) is 0 Å². The van der Waals surface area contributed by atoms with E-state index < -0.39 is 9.84 Å². The Bertz CT molecular complexity index is 986. The molecule has 0 unspecified atom stereocenters. The first-order valence-electron chi connectivity index (χ1n) is 9.23. The molecule has 5 nitrogen and oxygen atoms in total. The van der Waals surface area contributed by atoms with Crippen LogP contribution in [0.3, 0.4) is 0 Å². The summed E-state index contributed by atoms with van der Waals surface area (Å²) in [5, 5.41) is 0. The number of carbonyl (C=O) groups is 1. The lowest BCUT2D eigenvalue weighted by molar-refractivity contribution is 0.0410. The fourth-order valence-electron chi connectivity index (χ4n) is 4.26. The highest BCUT2D eigenvalue weighted by molar-refractivity contribution is 7.91. The van der Waals surface area contributed by atoms with Crippen molar-refractivity contribution >= 4 is 15.7 Å². The Balaban J connectivity index is 1.65. The minimum absolute atomic E-state index is 0.0607. The number of hydrogen-bond donors (Lipinski definition) is 0. The lowest BCUT2D eigenvalue weighted by atomic mass is 9.98. The quantitative estimate of drug-likeness (QED) is 0.797. The Morgan fingerprint density at radius 3 is 2.52 bits per heavy atom. The van der Waals surface area contributed by atoms with Crippen molar-refractivity contribution in [2.45, 2.75) is 19.0 Å². The number of benzene rings is 2. The summed E-state index contributed by atoms with van der Waals surface area (Å²) in [4.78, 5) is 17.1. The number of piperazine rings is 1. The number of nitrogens with zero attached hydrogens (tertiary/aromatic N) is 2. The van der Waals surface area contributed by atoms with Gasteiger partial charge in [-0.25, -0.2) is 8.42 Å². The van der Waals surface area contributed by atoms with Crippen molar-refractivity contribution in [3.8, 4) is 11.1 Å². The van der Waals surface area contributed by atoms with Gasteiger partial charge in [0.15, 0.2) is 9.84 Å². The second kappa shape index (κ2) is 6.77. The van der Waals surface area contributed by atoms with Gasteiger partial charge in [-0.3, -0.25) is 9.69 Å². The molecule has 6 heteroatoms. The molecule has 2 aromatic rings. The summed E-state index contributed by atoms with van der Waals surface area (Å²) in [5.41, 5.74) is 3.88. The summed E-state index contributed by atoms with van der Waals surface area (Å²) in [6.07, 6.45) is 0. The molecule has 0 spiro atoms. The fourth-order valence-corrected chi connectivity index (χ4v) is 6.32. The first-order valence-corrected chi connectivity index (χ1v) is 11.1. The van der Waals surface area contributed by atoms with Gasteiger partial charge in [0.05, 0.1) is 17.5 Å². The molecular weight excluding hydrogens is 360 g/mol. The first kappa shape index (κ1) is 18.2. The molecule has 2 aromatic carbocycles. The zero-order valence-corrected chi connectivity index (χ0v) is 16.4. The van der Waals surface area contributed by atoms with E-state index in [0.717, 1.165) is 16.7 Å². The minimum atomic E-state index is -3.10. The summed E-state index contributed by atoms with van der Waals surface area (Å²) in [6.45, 7) is 3.30. The molecule has 27 heavy (non-hydrogen) atoms. The summed E-state index contributed by atoms with van der Waals surface area (Å²) in [6, 6.07) is 15.4. The van der Waals surface area contributed by atoms with Crippen LogP contribution in [0.5, 0.6) is 0 Å². The van der Waals surface area contributed by atoms with E-state index in [9.17, 15) is 13.2 Å². The number of aryl methyl sites for hydroxylation is 1. The zero-order valence-electron chi connectivity index (χ0n) is 15.6. The van der Waals surface area contributed by atoms with Crippen molar-refractivity contribution in [3.63, 3.8) is 0 Å². The second-order valence-corrected chi connectivity index (χ2v) is 9.74. The number of hydrogen-bond acceptors (Lipinski definition) is 4. The summed E-state index contributed by atoms with van der Waals surface area (Å²) in [5.74, 6) is 0.123. The average molecular weight is 385 g/mol. The normalized spacial score (nSPS) is 24.6. The Labute approximate surface area is 160 Å². The topological polar surface area (TPSA) is 57.7 Å². The average Bonchev–Trinajstić information content (AvgIpc) is 2.98. The molecule has 0 radical (unpaired) electrons. The van der Waals surface area contributed by atoms with Gasteiger partial charge in [0.1, 0.15) is 0 Å². The van der Waals surface area contributed by atoms with E-state index >= 15 is 0 Å². The van der Waals surface area contributed by atoms with Gasteiger partial charge in [-0.1, -0.05) is 36.4 Å². The molecule has 0 saturated carbocycles. The van der Waals surface area contributed by atoms with Gasteiger partial charge in [-0.15, -0.1) is 0 Å². The van der Waals surface area contributed by atoms with Gasteiger partial charge >= 0.3 is 0 Å². The molecule has 2 aliphatic heterocycles. The van der Waals surface area contributed by atoms with E-state index in [2.05, 4.69) is 17.9 Å². The molecule has 2 aliphatic rings. The molecule has 0 aliphatic carbocycles. The van der Waals surface area contributed by atoms with Crippen molar-refractivity contribution in [1.29, 1.82) is 0 Å². The SMILES string of the molecule is Cc1ccccc1-c1cccc(C(=O)N2CCN(C)[C@@H]3CS(=O)(=O)C[C@@H]32)c1. The highest BCUT2D eigenvalue weighted by atomic mass is 32.2. The molecule has 0 aromatic heterocycles. The predicted molar refractivity (Wildman–Crippen MR) is 107 cm³/mol. The van der Waals surface area contributed by atoms with Crippen LogP contribution in [0, 0.1) is 6.92 Å². The highest BCUT2D eigenvalue weighted by Crippen LogP contribution is 2.29. The van der Waals surface area contributed by atoms with Gasteiger partial charge < -0.3 is 4.90 Å². The third-order valence-corrected chi connectivity index (χ3v) is 7.48. The second-order valence-electron chi connectivity index (χ2n) is 7.59. The van der Waals surface area contributed by atoms with Crippen LogP contribution in [-0.2, 0) is 9.84 Å². The lowest BCUT2D eigenvalue weighted by Gasteiger charge is -2.42. The maximum atomic E-state index is 13.2. The van der Waals surface area contributed by atoms with E-state index in [1.807, 2.05) is 49.5 Å². The summed E-state index contributed by atoms with van der Waals surface area (Å²) in [7, 11) is -1.16. The Morgan fingerprint density at radius 2 is 1.74 bits per heavy atom. The van der Waals surface area contributed by atoms with Gasteiger partial charge in [-0.05, 0) is 42.8 Å². The van der Waals surface area contributed by atoms with Gasteiger partial charge in [0, 0.05) is 24.7 Å². The van der Waals surface area contributed by atoms with Crippen LogP contribution in [0.2, 0.25) is 0 Å². The number of sulfone groups is 1. The number of likely N-dealkylation sites (N-methyl/N-ethyl adjacent to an activating group) is 1. The van der Waals surface area contributed by atoms with Crippen LogP contribution < -0.4 is 0 Å². The van der Waals surface area contributed by atoms with E-state index in [-0.39, 0.29) is 29.5 Å². The van der Waals surface area contributed by atoms with Crippen molar-refractivity contribution < 1.29 is 13.2 Å². The maximum absolute atomic E-state index is 13.2. The van der Waals surface area contributed by atoms with Crippen LogP contribution in [0.4, 0.5) is 0 Å². The molecule has 2 atom stereocenters. The number of amides is 1. The Morgan fingerprint density at radius 1 is 1.00 bits per heavy atom. The van der Waals surface area contributed by atoms with Crippen LogP contribution in [0.25, 0.3) is 11.1 Å². The minimum Gasteiger partial charge on any atom is -0.332 e. The van der Waals surface area contributed by atoms with E-state index in [1.54, 1.807) is 4.90 Å². The third-order valence-electron chi connectivity index (χ3n) is 5.78. The first-order chi connectivity index (χ1) is 12.9. The summed E-state index contributed by atoms with van der Waals surface area (Å²) < 4.78 is 24.3. The molecule has 2 fully saturated rings.